The van der Waals surface area contributed by atoms with Gasteiger partial charge in [-0.2, -0.15) is 0 Å². The van der Waals surface area contributed by atoms with E-state index in [9.17, 15) is 14.0 Å². The number of nitrogens with one attached hydrogen (secondary N) is 1. The number of carbonyl (C=O) groups is 2. The number of esters is 1. The van der Waals surface area contributed by atoms with E-state index in [1.165, 1.54) is 6.07 Å². The van der Waals surface area contributed by atoms with E-state index in [4.69, 9.17) is 4.74 Å². The lowest BCUT2D eigenvalue weighted by atomic mass is 9.93. The molecule has 1 saturated heterocycles. The standard InChI is InChI=1S/C23H28FN3O3/c1-2-30-23(29)19-9-5-13-25-22(19)27-14-6-7-17(16-27)11-12-21(28)26-15-18-8-3-4-10-20(18)24/h3-5,8-10,13,17H,2,6-7,11-12,14-16H2,1H3,(H,26,28). The molecule has 1 amide bonds. The molecular weight excluding hydrogens is 385 g/mol. The van der Waals surface area contributed by atoms with E-state index in [1.54, 1.807) is 43.5 Å². The summed E-state index contributed by atoms with van der Waals surface area (Å²) in [6.45, 7) is 3.85. The van der Waals surface area contributed by atoms with Crippen LogP contribution < -0.4 is 10.2 Å². The van der Waals surface area contributed by atoms with Crippen LogP contribution >= 0.6 is 0 Å². The average Bonchev–Trinajstić information content (AvgIpc) is 2.77. The minimum Gasteiger partial charge on any atom is -0.462 e. The summed E-state index contributed by atoms with van der Waals surface area (Å²) in [5.41, 5.74) is 0.957. The smallest absolute Gasteiger partial charge is 0.341 e. The number of anilines is 1. The van der Waals surface area contributed by atoms with E-state index in [1.807, 2.05) is 0 Å². The predicted octanol–water partition coefficient (Wildman–Crippen LogP) is 3.71. The summed E-state index contributed by atoms with van der Waals surface area (Å²) in [6.07, 6.45) is 4.80. The largest absolute Gasteiger partial charge is 0.462 e. The van der Waals surface area contributed by atoms with E-state index in [0.717, 1.165) is 32.4 Å². The molecule has 2 aromatic rings. The molecule has 1 fully saturated rings. The third-order valence-electron chi connectivity index (χ3n) is 5.31. The molecule has 0 bridgehead atoms. The highest BCUT2D eigenvalue weighted by molar-refractivity contribution is 5.94. The van der Waals surface area contributed by atoms with E-state index < -0.39 is 0 Å². The first kappa shape index (κ1) is 21.7. The molecule has 0 radical (unpaired) electrons. The van der Waals surface area contributed by atoms with Gasteiger partial charge in [-0.1, -0.05) is 18.2 Å². The zero-order valence-electron chi connectivity index (χ0n) is 17.3. The molecule has 0 aliphatic carbocycles. The summed E-state index contributed by atoms with van der Waals surface area (Å²) in [5.74, 6) is 0.212. The van der Waals surface area contributed by atoms with Crippen molar-refractivity contribution in [3.05, 3.63) is 59.5 Å². The number of benzene rings is 1. The number of carbonyl (C=O) groups excluding carboxylic acids is 2. The molecule has 3 rings (SSSR count). The van der Waals surface area contributed by atoms with Gasteiger partial charge in [-0.15, -0.1) is 0 Å². The Morgan fingerprint density at radius 3 is 2.90 bits per heavy atom. The molecule has 0 saturated carbocycles. The number of aromatic nitrogens is 1. The number of rotatable bonds is 8. The third-order valence-corrected chi connectivity index (χ3v) is 5.31. The van der Waals surface area contributed by atoms with Gasteiger partial charge in [-0.3, -0.25) is 4.79 Å². The highest BCUT2D eigenvalue weighted by atomic mass is 19.1. The lowest BCUT2D eigenvalue weighted by Gasteiger charge is -2.34. The van der Waals surface area contributed by atoms with Gasteiger partial charge in [0.2, 0.25) is 5.91 Å². The Labute approximate surface area is 176 Å². The maximum atomic E-state index is 13.7. The van der Waals surface area contributed by atoms with Gasteiger partial charge in [0.25, 0.3) is 0 Å². The summed E-state index contributed by atoms with van der Waals surface area (Å²) in [5, 5.41) is 2.79. The fourth-order valence-electron chi connectivity index (χ4n) is 3.77. The maximum Gasteiger partial charge on any atom is 0.341 e. The first-order valence-corrected chi connectivity index (χ1v) is 10.5. The fraction of sp³-hybridized carbons (Fsp3) is 0.435. The molecule has 1 aromatic heterocycles. The van der Waals surface area contributed by atoms with Crippen LogP contribution in [0.15, 0.2) is 42.6 Å². The van der Waals surface area contributed by atoms with E-state index in [0.29, 0.717) is 35.9 Å². The van der Waals surface area contributed by atoms with Gasteiger partial charge in [0.15, 0.2) is 0 Å². The summed E-state index contributed by atoms with van der Waals surface area (Å²) < 4.78 is 18.8. The minimum absolute atomic E-state index is 0.0829. The van der Waals surface area contributed by atoms with Crippen molar-refractivity contribution in [3.8, 4) is 0 Å². The monoisotopic (exact) mass is 413 g/mol. The number of hydrogen-bond donors (Lipinski definition) is 1. The average molecular weight is 413 g/mol. The van der Waals surface area contributed by atoms with Crippen LogP contribution in [0.1, 0.15) is 48.5 Å². The van der Waals surface area contributed by atoms with Crippen LogP contribution in [0, 0.1) is 11.7 Å². The van der Waals surface area contributed by atoms with Crippen molar-refractivity contribution in [1.82, 2.24) is 10.3 Å². The maximum absolute atomic E-state index is 13.7. The van der Waals surface area contributed by atoms with E-state index in [2.05, 4.69) is 15.2 Å². The Morgan fingerprint density at radius 2 is 2.10 bits per heavy atom. The Hall–Kier alpha value is -2.96. The summed E-state index contributed by atoms with van der Waals surface area (Å²) in [7, 11) is 0. The Bertz CT molecular complexity index is 874. The molecule has 2 heterocycles. The van der Waals surface area contributed by atoms with Gasteiger partial charge >= 0.3 is 5.97 Å². The molecule has 6 nitrogen and oxygen atoms in total. The van der Waals surface area contributed by atoms with Crippen molar-refractivity contribution in [2.24, 2.45) is 5.92 Å². The molecule has 1 N–H and O–H groups in total. The number of ether oxygens (including phenoxy) is 1. The third kappa shape index (κ3) is 5.78. The van der Waals surface area contributed by atoms with Crippen molar-refractivity contribution in [3.63, 3.8) is 0 Å². The van der Waals surface area contributed by atoms with Crippen molar-refractivity contribution >= 4 is 17.7 Å². The van der Waals surface area contributed by atoms with E-state index in [-0.39, 0.29) is 24.2 Å². The van der Waals surface area contributed by atoms with Crippen LogP contribution in [0.4, 0.5) is 10.2 Å². The first-order chi connectivity index (χ1) is 14.6. The fourth-order valence-corrected chi connectivity index (χ4v) is 3.77. The van der Waals surface area contributed by atoms with Crippen LogP contribution in [-0.4, -0.2) is 36.6 Å². The number of pyridine rings is 1. The Balaban J connectivity index is 1.52. The highest BCUT2D eigenvalue weighted by Crippen LogP contribution is 2.27. The summed E-state index contributed by atoms with van der Waals surface area (Å²) in [4.78, 5) is 31.0. The number of amides is 1. The number of piperidine rings is 1. The van der Waals surface area contributed by atoms with Crippen molar-refractivity contribution in [1.29, 1.82) is 0 Å². The van der Waals surface area contributed by atoms with E-state index >= 15 is 0 Å². The van der Waals surface area contributed by atoms with Crippen LogP contribution in [0.5, 0.6) is 0 Å². The number of halogens is 1. The normalized spacial score (nSPS) is 16.2. The van der Waals surface area contributed by atoms with Gasteiger partial charge in [0.1, 0.15) is 17.2 Å². The molecule has 7 heteroatoms. The first-order valence-electron chi connectivity index (χ1n) is 10.5. The molecular formula is C23H28FN3O3. The zero-order chi connectivity index (χ0) is 21.3. The Morgan fingerprint density at radius 1 is 1.27 bits per heavy atom. The molecule has 1 aliphatic heterocycles. The van der Waals surface area contributed by atoms with Crippen molar-refractivity contribution < 1.29 is 18.7 Å². The van der Waals surface area contributed by atoms with Crippen LogP contribution in [-0.2, 0) is 16.1 Å². The number of hydrogen-bond acceptors (Lipinski definition) is 5. The molecule has 1 aliphatic rings. The van der Waals surface area contributed by atoms with Crippen LogP contribution in [0.3, 0.4) is 0 Å². The Kier molecular flexibility index (Phi) is 7.76. The molecule has 1 aromatic carbocycles. The molecule has 160 valence electrons. The van der Waals surface area contributed by atoms with Gasteiger partial charge in [0, 0.05) is 37.8 Å². The second-order valence-electron chi connectivity index (χ2n) is 7.46. The molecule has 0 spiro atoms. The second-order valence-corrected chi connectivity index (χ2v) is 7.46. The van der Waals surface area contributed by atoms with Crippen molar-refractivity contribution in [2.75, 3.05) is 24.6 Å². The molecule has 1 atom stereocenters. The van der Waals surface area contributed by atoms with Gasteiger partial charge < -0.3 is 15.0 Å². The highest BCUT2D eigenvalue weighted by Gasteiger charge is 2.25. The lowest BCUT2D eigenvalue weighted by Crippen LogP contribution is -2.37. The van der Waals surface area contributed by atoms with Gasteiger partial charge in [0.05, 0.1) is 6.61 Å². The number of nitrogens with zero attached hydrogens (tertiary/aromatic N) is 2. The quantitative estimate of drug-likeness (QED) is 0.668. The minimum atomic E-state index is -0.366. The topological polar surface area (TPSA) is 71.5 Å². The second kappa shape index (κ2) is 10.7. The van der Waals surface area contributed by atoms with Crippen molar-refractivity contribution in [2.45, 2.75) is 39.2 Å². The SMILES string of the molecule is CCOC(=O)c1cccnc1N1CCCC(CCC(=O)NCc2ccccc2F)C1. The predicted molar refractivity (Wildman–Crippen MR) is 113 cm³/mol. The van der Waals surface area contributed by atoms with Gasteiger partial charge in [-0.05, 0) is 50.3 Å². The van der Waals surface area contributed by atoms with Gasteiger partial charge in [-0.25, -0.2) is 14.2 Å². The zero-order valence-corrected chi connectivity index (χ0v) is 17.3. The van der Waals surface area contributed by atoms with Crippen LogP contribution in [0.2, 0.25) is 0 Å². The molecule has 1 unspecified atom stereocenters. The molecule has 30 heavy (non-hydrogen) atoms. The lowest BCUT2D eigenvalue weighted by molar-refractivity contribution is -0.121. The summed E-state index contributed by atoms with van der Waals surface area (Å²) in [6, 6.07) is 9.91. The van der Waals surface area contributed by atoms with Crippen LogP contribution in [0.25, 0.3) is 0 Å². The summed E-state index contributed by atoms with van der Waals surface area (Å²) >= 11 is 0.